The van der Waals surface area contributed by atoms with E-state index in [2.05, 4.69) is 28.7 Å². The van der Waals surface area contributed by atoms with Gasteiger partial charge in [-0.2, -0.15) is 0 Å². The molecule has 2 rings (SSSR count). The first kappa shape index (κ1) is 8.48. The minimum absolute atomic E-state index is 0.792. The number of hydrogen-bond acceptors (Lipinski definition) is 3. The second kappa shape index (κ2) is 3.32. The van der Waals surface area contributed by atoms with E-state index in [0.29, 0.717) is 0 Å². The van der Waals surface area contributed by atoms with Gasteiger partial charge in [0.2, 0.25) is 0 Å². The fourth-order valence-corrected chi connectivity index (χ4v) is 1.60. The fraction of sp³-hybridized carbons (Fsp3) is 0.600. The summed E-state index contributed by atoms with van der Waals surface area (Å²) in [7, 11) is 0. The Kier molecular flexibility index (Phi) is 2.17. The third-order valence-electron chi connectivity index (χ3n) is 2.76. The molecule has 1 saturated heterocycles. The third-order valence-corrected chi connectivity index (χ3v) is 2.76. The van der Waals surface area contributed by atoms with E-state index in [0.717, 1.165) is 30.6 Å². The Morgan fingerprint density at radius 2 is 1.92 bits per heavy atom. The summed E-state index contributed by atoms with van der Waals surface area (Å²) in [6, 6.07) is 0. The smallest absolute Gasteiger partial charge is 0.115 e. The van der Waals surface area contributed by atoms with Gasteiger partial charge in [-0.15, -0.1) is 0 Å². The Morgan fingerprint density at radius 1 is 1.31 bits per heavy atom. The molecule has 0 N–H and O–H groups in total. The Hall–Kier alpha value is -1.12. The van der Waals surface area contributed by atoms with Gasteiger partial charge in [-0.25, -0.2) is 9.97 Å². The van der Waals surface area contributed by atoms with Crippen molar-refractivity contribution < 1.29 is 0 Å². The summed E-state index contributed by atoms with van der Waals surface area (Å²) in [5, 5.41) is 0. The predicted octanol–water partition coefficient (Wildman–Crippen LogP) is 1.57. The van der Waals surface area contributed by atoms with E-state index in [1.165, 1.54) is 0 Å². The zero-order chi connectivity index (χ0) is 9.26. The van der Waals surface area contributed by atoms with Crippen LogP contribution in [0, 0.1) is 11.8 Å². The molecule has 0 spiro atoms. The molecule has 0 saturated carbocycles. The van der Waals surface area contributed by atoms with Crippen molar-refractivity contribution in [2.75, 3.05) is 18.0 Å². The van der Waals surface area contributed by atoms with Gasteiger partial charge in [0.05, 0.1) is 18.1 Å². The SMILES string of the molecule is CC(C)C1CN(c2cncnc2)C1. The second-order valence-corrected chi connectivity index (χ2v) is 4.01. The van der Waals surface area contributed by atoms with Gasteiger partial charge >= 0.3 is 0 Å². The molecular formula is C10H15N3. The van der Waals surface area contributed by atoms with Crippen LogP contribution in [0.15, 0.2) is 18.7 Å². The number of hydrogen-bond donors (Lipinski definition) is 0. The predicted molar refractivity (Wildman–Crippen MR) is 52.6 cm³/mol. The van der Waals surface area contributed by atoms with Crippen LogP contribution >= 0.6 is 0 Å². The topological polar surface area (TPSA) is 29.0 Å². The monoisotopic (exact) mass is 177 g/mol. The van der Waals surface area contributed by atoms with E-state index >= 15 is 0 Å². The third kappa shape index (κ3) is 1.64. The summed E-state index contributed by atoms with van der Waals surface area (Å²) in [5.74, 6) is 1.64. The van der Waals surface area contributed by atoms with E-state index < -0.39 is 0 Å². The van der Waals surface area contributed by atoms with Crippen LogP contribution in [0.25, 0.3) is 0 Å². The Balaban J connectivity index is 1.94. The number of anilines is 1. The summed E-state index contributed by atoms with van der Waals surface area (Å²) in [6.45, 7) is 6.88. The number of aromatic nitrogens is 2. The normalized spacial score (nSPS) is 17.6. The molecule has 13 heavy (non-hydrogen) atoms. The standard InChI is InChI=1S/C10H15N3/c1-8(2)9-5-13(6-9)10-3-11-7-12-4-10/h3-4,7-9H,5-6H2,1-2H3. The van der Waals surface area contributed by atoms with Gasteiger partial charge in [-0.3, -0.25) is 0 Å². The van der Waals surface area contributed by atoms with Crippen molar-refractivity contribution in [3.05, 3.63) is 18.7 Å². The molecule has 3 heteroatoms. The van der Waals surface area contributed by atoms with Gasteiger partial charge in [0, 0.05) is 13.1 Å². The molecular weight excluding hydrogens is 162 g/mol. The maximum Gasteiger partial charge on any atom is 0.115 e. The molecule has 3 nitrogen and oxygen atoms in total. The summed E-state index contributed by atoms with van der Waals surface area (Å²) < 4.78 is 0. The molecule has 0 bridgehead atoms. The van der Waals surface area contributed by atoms with Crippen LogP contribution in [0.3, 0.4) is 0 Å². The number of nitrogens with zero attached hydrogens (tertiary/aromatic N) is 3. The van der Waals surface area contributed by atoms with Crippen molar-refractivity contribution in [2.45, 2.75) is 13.8 Å². The van der Waals surface area contributed by atoms with Crippen molar-refractivity contribution in [1.29, 1.82) is 0 Å². The molecule has 2 heterocycles. The Bertz CT molecular complexity index is 265. The molecule has 70 valence electrons. The van der Waals surface area contributed by atoms with E-state index in [1.54, 1.807) is 6.33 Å². The molecule has 0 amide bonds. The average molecular weight is 177 g/mol. The molecule has 1 aliphatic heterocycles. The van der Waals surface area contributed by atoms with Crippen LogP contribution in [-0.2, 0) is 0 Å². The fourth-order valence-electron chi connectivity index (χ4n) is 1.60. The van der Waals surface area contributed by atoms with Crippen LogP contribution in [0.4, 0.5) is 5.69 Å². The van der Waals surface area contributed by atoms with Crippen molar-refractivity contribution in [2.24, 2.45) is 11.8 Å². The van der Waals surface area contributed by atoms with Crippen molar-refractivity contribution in [1.82, 2.24) is 9.97 Å². The quantitative estimate of drug-likeness (QED) is 0.686. The van der Waals surface area contributed by atoms with Crippen molar-refractivity contribution >= 4 is 5.69 Å². The molecule has 1 aromatic rings. The van der Waals surface area contributed by atoms with E-state index in [1.807, 2.05) is 12.4 Å². The summed E-state index contributed by atoms with van der Waals surface area (Å²) in [5.41, 5.74) is 1.15. The van der Waals surface area contributed by atoms with Gasteiger partial charge in [-0.1, -0.05) is 13.8 Å². The Labute approximate surface area is 78.8 Å². The molecule has 1 aromatic heterocycles. The minimum atomic E-state index is 0.792. The van der Waals surface area contributed by atoms with E-state index in [-0.39, 0.29) is 0 Å². The van der Waals surface area contributed by atoms with E-state index in [4.69, 9.17) is 0 Å². The average Bonchev–Trinajstić information content (AvgIpc) is 2.02. The highest BCUT2D eigenvalue weighted by atomic mass is 15.2. The summed E-state index contributed by atoms with van der Waals surface area (Å²) in [4.78, 5) is 10.3. The molecule has 1 fully saturated rings. The zero-order valence-electron chi connectivity index (χ0n) is 8.14. The minimum Gasteiger partial charge on any atom is -0.368 e. The van der Waals surface area contributed by atoms with E-state index in [9.17, 15) is 0 Å². The highest BCUT2D eigenvalue weighted by Crippen LogP contribution is 2.27. The highest BCUT2D eigenvalue weighted by molar-refractivity contribution is 5.44. The van der Waals surface area contributed by atoms with Crippen molar-refractivity contribution in [3.63, 3.8) is 0 Å². The summed E-state index contributed by atoms with van der Waals surface area (Å²) >= 11 is 0. The Morgan fingerprint density at radius 3 is 2.46 bits per heavy atom. The molecule has 0 atom stereocenters. The van der Waals surface area contributed by atoms with Gasteiger partial charge in [0.25, 0.3) is 0 Å². The molecule has 0 aliphatic carbocycles. The van der Waals surface area contributed by atoms with Gasteiger partial charge in [0.1, 0.15) is 6.33 Å². The lowest BCUT2D eigenvalue weighted by atomic mass is 9.88. The number of rotatable bonds is 2. The second-order valence-electron chi connectivity index (χ2n) is 4.01. The van der Waals surface area contributed by atoms with Crippen LogP contribution in [0.5, 0.6) is 0 Å². The van der Waals surface area contributed by atoms with Gasteiger partial charge in [-0.05, 0) is 11.8 Å². The maximum atomic E-state index is 4.00. The van der Waals surface area contributed by atoms with Crippen LogP contribution < -0.4 is 4.90 Å². The first-order valence-electron chi connectivity index (χ1n) is 4.77. The lowest BCUT2D eigenvalue weighted by Gasteiger charge is -2.42. The molecule has 0 radical (unpaired) electrons. The summed E-state index contributed by atoms with van der Waals surface area (Å²) in [6.07, 6.45) is 5.33. The van der Waals surface area contributed by atoms with Gasteiger partial charge < -0.3 is 4.90 Å². The lowest BCUT2D eigenvalue weighted by Crippen LogP contribution is -2.49. The van der Waals surface area contributed by atoms with Crippen LogP contribution in [0.2, 0.25) is 0 Å². The molecule has 1 aliphatic rings. The van der Waals surface area contributed by atoms with Gasteiger partial charge in [0.15, 0.2) is 0 Å². The molecule has 0 unspecified atom stereocenters. The largest absolute Gasteiger partial charge is 0.368 e. The first-order valence-corrected chi connectivity index (χ1v) is 4.77. The maximum absolute atomic E-state index is 4.00. The molecule has 0 aromatic carbocycles. The lowest BCUT2D eigenvalue weighted by molar-refractivity contribution is 0.309. The van der Waals surface area contributed by atoms with Crippen LogP contribution in [0.1, 0.15) is 13.8 Å². The zero-order valence-corrected chi connectivity index (χ0v) is 8.14. The van der Waals surface area contributed by atoms with Crippen molar-refractivity contribution in [3.8, 4) is 0 Å². The first-order chi connectivity index (χ1) is 6.27. The van der Waals surface area contributed by atoms with Crippen LogP contribution in [-0.4, -0.2) is 23.1 Å². The highest BCUT2D eigenvalue weighted by Gasteiger charge is 2.29.